The monoisotopic (exact) mass is 548 g/mol. The van der Waals surface area contributed by atoms with Crippen molar-refractivity contribution in [3.05, 3.63) is 106 Å². The third kappa shape index (κ3) is 6.30. The van der Waals surface area contributed by atoms with Gasteiger partial charge in [0.25, 0.3) is 21.6 Å². The summed E-state index contributed by atoms with van der Waals surface area (Å²) < 4.78 is 39.0. The topological polar surface area (TPSA) is 144 Å². The molecule has 0 aliphatic carbocycles. The third-order valence-corrected chi connectivity index (χ3v) is 7.39. The predicted molar refractivity (Wildman–Crippen MR) is 145 cm³/mol. The predicted octanol–water partition coefficient (Wildman–Crippen LogP) is 4.52. The summed E-state index contributed by atoms with van der Waals surface area (Å²) in [6, 6.07) is 21.9. The first kappa shape index (κ1) is 27.1. The standard InChI is InChI=1S/C27H24N4O7S/c1-19-7-14-23(15-8-19)39(35,36)30(24-5-3-4-6-26(24)37-2)18-27(32)29-28-17-22-13-16-25(38-22)20-9-11-21(12-10-20)31(33)34/h3-17H,18H2,1-2H3,(H,29,32)/b28-17-. The summed E-state index contributed by atoms with van der Waals surface area (Å²) in [6.45, 7) is 1.27. The number of para-hydroxylation sites is 2. The van der Waals surface area contributed by atoms with E-state index in [1.54, 1.807) is 60.7 Å². The first-order valence-electron chi connectivity index (χ1n) is 11.6. The lowest BCUT2D eigenvalue weighted by Gasteiger charge is -2.25. The molecule has 12 heteroatoms. The van der Waals surface area contributed by atoms with Crippen LogP contribution in [0.1, 0.15) is 11.3 Å². The molecule has 1 aromatic heterocycles. The Hall–Kier alpha value is -4.97. The quantitative estimate of drug-likeness (QED) is 0.174. The highest BCUT2D eigenvalue weighted by Crippen LogP contribution is 2.32. The number of anilines is 1. The molecule has 0 saturated heterocycles. The van der Waals surface area contributed by atoms with Crippen molar-refractivity contribution in [2.24, 2.45) is 5.10 Å². The lowest BCUT2D eigenvalue weighted by atomic mass is 10.1. The van der Waals surface area contributed by atoms with E-state index in [1.807, 2.05) is 6.92 Å². The average Bonchev–Trinajstić information content (AvgIpc) is 3.41. The van der Waals surface area contributed by atoms with Crippen molar-refractivity contribution >= 4 is 33.5 Å². The highest BCUT2D eigenvalue weighted by atomic mass is 32.2. The number of nitrogens with zero attached hydrogens (tertiary/aromatic N) is 3. The summed E-state index contributed by atoms with van der Waals surface area (Å²) >= 11 is 0. The van der Waals surface area contributed by atoms with Gasteiger partial charge in [0.2, 0.25) is 0 Å². The van der Waals surface area contributed by atoms with E-state index in [1.165, 1.54) is 37.6 Å². The van der Waals surface area contributed by atoms with Gasteiger partial charge in [-0.2, -0.15) is 5.10 Å². The van der Waals surface area contributed by atoms with Crippen LogP contribution in [0.4, 0.5) is 11.4 Å². The molecule has 1 heterocycles. The van der Waals surface area contributed by atoms with Crippen molar-refractivity contribution in [3.8, 4) is 17.1 Å². The number of furan rings is 1. The highest BCUT2D eigenvalue weighted by Gasteiger charge is 2.29. The first-order valence-corrected chi connectivity index (χ1v) is 13.0. The number of hydrogen-bond acceptors (Lipinski definition) is 8. The summed E-state index contributed by atoms with van der Waals surface area (Å²) in [5.74, 6) is 0.329. The Morgan fingerprint density at radius 1 is 1.05 bits per heavy atom. The van der Waals surface area contributed by atoms with Gasteiger partial charge in [-0.3, -0.25) is 19.2 Å². The van der Waals surface area contributed by atoms with Crippen LogP contribution in [-0.4, -0.2) is 39.1 Å². The fourth-order valence-electron chi connectivity index (χ4n) is 3.63. The highest BCUT2D eigenvalue weighted by molar-refractivity contribution is 7.92. The molecule has 3 aromatic carbocycles. The number of aryl methyl sites for hydroxylation is 1. The second-order valence-corrected chi connectivity index (χ2v) is 10.2. The number of nitrogens with one attached hydrogen (secondary N) is 1. The number of hydrogen-bond donors (Lipinski definition) is 1. The molecule has 0 radical (unpaired) electrons. The van der Waals surface area contributed by atoms with E-state index in [4.69, 9.17) is 9.15 Å². The Labute approximate surface area is 224 Å². The van der Waals surface area contributed by atoms with E-state index in [0.717, 1.165) is 9.87 Å². The number of rotatable bonds is 10. The van der Waals surface area contributed by atoms with Gasteiger partial charge in [0, 0.05) is 17.7 Å². The number of carbonyl (C=O) groups excluding carboxylic acids is 1. The molecule has 11 nitrogen and oxygen atoms in total. The van der Waals surface area contributed by atoms with Crippen LogP contribution in [-0.2, 0) is 14.8 Å². The largest absolute Gasteiger partial charge is 0.495 e. The number of hydrazone groups is 1. The Morgan fingerprint density at radius 2 is 1.74 bits per heavy atom. The van der Waals surface area contributed by atoms with Crippen LogP contribution in [0.3, 0.4) is 0 Å². The zero-order chi connectivity index (χ0) is 28.0. The molecule has 0 unspecified atom stereocenters. The number of nitro groups is 1. The number of benzene rings is 3. The lowest BCUT2D eigenvalue weighted by Crippen LogP contribution is -2.39. The van der Waals surface area contributed by atoms with Crippen LogP contribution in [0.15, 0.2) is 99.3 Å². The lowest BCUT2D eigenvalue weighted by molar-refractivity contribution is -0.384. The van der Waals surface area contributed by atoms with Crippen LogP contribution in [0.2, 0.25) is 0 Å². The molecule has 0 aliphatic rings. The molecule has 0 spiro atoms. The molecule has 1 amide bonds. The second-order valence-electron chi connectivity index (χ2n) is 8.30. The molecule has 1 N–H and O–H groups in total. The van der Waals surface area contributed by atoms with Crippen LogP contribution >= 0.6 is 0 Å². The van der Waals surface area contributed by atoms with Crippen molar-refractivity contribution in [2.75, 3.05) is 18.0 Å². The van der Waals surface area contributed by atoms with Crippen LogP contribution in [0.5, 0.6) is 5.75 Å². The Morgan fingerprint density at radius 3 is 2.41 bits per heavy atom. The van der Waals surface area contributed by atoms with Gasteiger partial charge < -0.3 is 9.15 Å². The van der Waals surface area contributed by atoms with Crippen molar-refractivity contribution in [1.82, 2.24) is 5.43 Å². The molecular weight excluding hydrogens is 524 g/mol. The smallest absolute Gasteiger partial charge is 0.269 e. The zero-order valence-electron chi connectivity index (χ0n) is 21.0. The van der Waals surface area contributed by atoms with Crippen molar-refractivity contribution in [1.29, 1.82) is 0 Å². The van der Waals surface area contributed by atoms with Crippen LogP contribution in [0.25, 0.3) is 11.3 Å². The molecule has 4 rings (SSSR count). The first-order chi connectivity index (χ1) is 18.7. The zero-order valence-corrected chi connectivity index (χ0v) is 21.8. The maximum Gasteiger partial charge on any atom is 0.269 e. The number of sulfonamides is 1. The van der Waals surface area contributed by atoms with Gasteiger partial charge in [-0.15, -0.1) is 0 Å². The molecule has 39 heavy (non-hydrogen) atoms. The van der Waals surface area contributed by atoms with Crippen molar-refractivity contribution < 1.29 is 27.3 Å². The fourth-order valence-corrected chi connectivity index (χ4v) is 5.06. The van der Waals surface area contributed by atoms with Gasteiger partial charge in [-0.1, -0.05) is 29.8 Å². The van der Waals surface area contributed by atoms with Gasteiger partial charge in [0.15, 0.2) is 0 Å². The van der Waals surface area contributed by atoms with E-state index in [0.29, 0.717) is 17.1 Å². The summed E-state index contributed by atoms with van der Waals surface area (Å²) in [4.78, 5) is 23.2. The van der Waals surface area contributed by atoms with Gasteiger partial charge in [0.05, 0.1) is 28.8 Å². The van der Waals surface area contributed by atoms with Gasteiger partial charge in [-0.05, 0) is 55.5 Å². The Kier molecular flexibility index (Phi) is 8.06. The number of nitro benzene ring substituents is 1. The van der Waals surface area contributed by atoms with Gasteiger partial charge in [0.1, 0.15) is 23.8 Å². The summed E-state index contributed by atoms with van der Waals surface area (Å²) in [6.07, 6.45) is 1.26. The Balaban J connectivity index is 1.51. The molecule has 200 valence electrons. The molecule has 0 fully saturated rings. The third-order valence-electron chi connectivity index (χ3n) is 5.62. The maximum atomic E-state index is 13.5. The fraction of sp³-hybridized carbons (Fsp3) is 0.111. The maximum absolute atomic E-state index is 13.5. The Bertz CT molecular complexity index is 1610. The van der Waals surface area contributed by atoms with E-state index in [9.17, 15) is 23.3 Å². The minimum absolute atomic E-state index is 0.0182. The number of amides is 1. The molecule has 4 aromatic rings. The van der Waals surface area contributed by atoms with Crippen molar-refractivity contribution in [3.63, 3.8) is 0 Å². The number of carbonyl (C=O) groups is 1. The minimum Gasteiger partial charge on any atom is -0.495 e. The molecular formula is C27H24N4O7S. The summed E-state index contributed by atoms with van der Waals surface area (Å²) in [5, 5.41) is 14.7. The number of methoxy groups -OCH3 is 1. The van der Waals surface area contributed by atoms with Crippen LogP contribution in [0, 0.1) is 17.0 Å². The SMILES string of the molecule is COc1ccccc1N(CC(=O)N/N=C\c1ccc(-c2ccc([N+](=O)[O-])cc2)o1)S(=O)(=O)c1ccc(C)cc1. The number of non-ortho nitro benzene ring substituents is 1. The molecule has 0 atom stereocenters. The van der Waals surface area contributed by atoms with E-state index in [-0.39, 0.29) is 22.0 Å². The molecule has 0 saturated carbocycles. The van der Waals surface area contributed by atoms with Crippen molar-refractivity contribution in [2.45, 2.75) is 11.8 Å². The minimum atomic E-state index is -4.13. The van der Waals surface area contributed by atoms with E-state index in [2.05, 4.69) is 10.5 Å². The summed E-state index contributed by atoms with van der Waals surface area (Å²) in [7, 11) is -2.72. The van der Waals surface area contributed by atoms with Gasteiger partial charge >= 0.3 is 0 Å². The second kappa shape index (κ2) is 11.6. The average molecular weight is 549 g/mol. The molecule has 0 bridgehead atoms. The van der Waals surface area contributed by atoms with Gasteiger partial charge in [-0.25, -0.2) is 13.8 Å². The van der Waals surface area contributed by atoms with E-state index < -0.39 is 27.4 Å². The van der Waals surface area contributed by atoms with E-state index >= 15 is 0 Å². The van der Waals surface area contributed by atoms with Crippen LogP contribution < -0.4 is 14.5 Å². The normalized spacial score (nSPS) is 11.3. The molecule has 0 aliphatic heterocycles. The summed E-state index contributed by atoms with van der Waals surface area (Å²) in [5.41, 5.74) is 3.98. The number of ether oxygens (including phenoxy) is 1.